The Bertz CT molecular complexity index is 68.0. The molecule has 0 heterocycles. The Morgan fingerprint density at radius 3 is 2.17 bits per heavy atom. The summed E-state index contributed by atoms with van der Waals surface area (Å²) in [7, 11) is 0. The van der Waals surface area contributed by atoms with Gasteiger partial charge < -0.3 is 0 Å². The molecule has 0 radical (unpaired) electrons. The molecular weight excluding hydrogens is 76.1 g/mol. The molecule has 0 aromatic carbocycles. The monoisotopic (exact) mass is 84.1 g/mol. The minimum absolute atomic E-state index is 0.433. The molecule has 1 rings (SSSR count). The summed E-state index contributed by atoms with van der Waals surface area (Å²) in [5, 5.41) is 0. The van der Waals surface area contributed by atoms with Gasteiger partial charge in [0, 0.05) is 12.8 Å². The molecule has 1 heteroatoms. The van der Waals surface area contributed by atoms with Gasteiger partial charge in [-0.05, 0) is 5.92 Å². The lowest BCUT2D eigenvalue weighted by molar-refractivity contribution is -0.126. The third kappa shape index (κ3) is 0.445. The van der Waals surface area contributed by atoms with Crippen molar-refractivity contribution in [3.8, 4) is 0 Å². The van der Waals surface area contributed by atoms with Crippen LogP contribution < -0.4 is 0 Å². The van der Waals surface area contributed by atoms with Gasteiger partial charge in [0.2, 0.25) is 0 Å². The predicted octanol–water partition coefficient (Wildman–Crippen LogP) is 0.985. The van der Waals surface area contributed by atoms with Crippen LogP contribution >= 0.6 is 0 Å². The van der Waals surface area contributed by atoms with Crippen LogP contribution in [0.1, 0.15) is 19.8 Å². The van der Waals surface area contributed by atoms with Crippen LogP contribution in [0, 0.1) is 5.92 Å². The molecule has 0 atom stereocenters. The summed E-state index contributed by atoms with van der Waals surface area (Å²) in [5.41, 5.74) is 0. The Labute approximate surface area is 37.4 Å². The zero-order valence-electron chi connectivity index (χ0n) is 3.90. The maximum absolute atomic E-state index is 10.1. The average Bonchev–Trinajstić information content (AvgIpc) is 1.33. The number of rotatable bonds is 0. The van der Waals surface area contributed by atoms with Gasteiger partial charge in [-0.3, -0.25) is 4.79 Å². The van der Waals surface area contributed by atoms with E-state index in [2.05, 4.69) is 6.92 Å². The van der Waals surface area contributed by atoms with Crippen molar-refractivity contribution < 1.29 is 4.79 Å². The van der Waals surface area contributed by atoms with Crippen LogP contribution in [0.25, 0.3) is 0 Å². The molecule has 0 bridgehead atoms. The van der Waals surface area contributed by atoms with E-state index in [-0.39, 0.29) is 0 Å². The molecule has 0 aromatic rings. The summed E-state index contributed by atoms with van der Waals surface area (Å²) in [5.74, 6) is 1.13. The van der Waals surface area contributed by atoms with Crippen molar-refractivity contribution in [2.24, 2.45) is 5.92 Å². The van der Waals surface area contributed by atoms with Crippen LogP contribution in [0.5, 0.6) is 0 Å². The molecule has 0 aliphatic heterocycles. The summed E-state index contributed by atoms with van der Waals surface area (Å²) >= 11 is 0. The first-order chi connectivity index (χ1) is 2.79. The van der Waals surface area contributed by atoms with E-state index < -0.39 is 0 Å². The van der Waals surface area contributed by atoms with Gasteiger partial charge in [-0.2, -0.15) is 0 Å². The quantitative estimate of drug-likeness (QED) is 0.427. The standard InChI is InChI=1S/C5H8O/c1-4-2-5(6)3-4/h4H,2-3H2,1H3. The third-order valence-corrected chi connectivity index (χ3v) is 1.15. The molecule has 1 aliphatic carbocycles. The van der Waals surface area contributed by atoms with Crippen molar-refractivity contribution in [3.05, 3.63) is 0 Å². The fourth-order valence-corrected chi connectivity index (χ4v) is 0.718. The number of carbonyl (C=O) groups excluding carboxylic acids is 1. The molecule has 0 saturated heterocycles. The second-order valence-corrected chi connectivity index (χ2v) is 2.05. The summed E-state index contributed by atoms with van der Waals surface area (Å²) < 4.78 is 0. The maximum Gasteiger partial charge on any atom is 0.133 e. The van der Waals surface area contributed by atoms with Gasteiger partial charge in [-0.1, -0.05) is 6.92 Å². The van der Waals surface area contributed by atoms with Gasteiger partial charge in [0.1, 0.15) is 5.78 Å². The molecule has 1 aliphatic rings. The number of carbonyl (C=O) groups is 1. The Kier molecular flexibility index (Phi) is 0.685. The highest BCUT2D eigenvalue weighted by molar-refractivity contribution is 5.84. The largest absolute Gasteiger partial charge is 0.300 e. The highest BCUT2D eigenvalue weighted by Crippen LogP contribution is 2.20. The maximum atomic E-state index is 10.1. The zero-order chi connectivity index (χ0) is 4.57. The molecule has 0 unspecified atom stereocenters. The normalized spacial score (nSPS) is 23.8. The predicted molar refractivity (Wildman–Crippen MR) is 23.4 cm³/mol. The minimum atomic E-state index is 0.433. The fraction of sp³-hybridized carbons (Fsp3) is 0.800. The molecule has 6 heavy (non-hydrogen) atoms. The highest BCUT2D eigenvalue weighted by Gasteiger charge is 2.20. The van der Waals surface area contributed by atoms with Crippen molar-refractivity contribution in [1.29, 1.82) is 0 Å². The lowest BCUT2D eigenvalue weighted by atomic mass is 9.86. The SMILES string of the molecule is CC1CC(=O)C1. The van der Waals surface area contributed by atoms with E-state index in [1.54, 1.807) is 0 Å². The van der Waals surface area contributed by atoms with Crippen molar-refractivity contribution >= 4 is 5.78 Å². The van der Waals surface area contributed by atoms with E-state index in [4.69, 9.17) is 0 Å². The molecule has 1 fully saturated rings. The molecule has 1 saturated carbocycles. The van der Waals surface area contributed by atoms with Crippen LogP contribution in [0.15, 0.2) is 0 Å². The van der Waals surface area contributed by atoms with Crippen molar-refractivity contribution in [2.75, 3.05) is 0 Å². The topological polar surface area (TPSA) is 17.1 Å². The number of hydrogen-bond donors (Lipinski definition) is 0. The Balaban J connectivity index is 2.28. The van der Waals surface area contributed by atoms with Crippen molar-refractivity contribution in [1.82, 2.24) is 0 Å². The molecular formula is C5H8O. The lowest BCUT2D eigenvalue weighted by Gasteiger charge is -2.17. The van der Waals surface area contributed by atoms with E-state index in [1.807, 2.05) is 0 Å². The van der Waals surface area contributed by atoms with Gasteiger partial charge >= 0.3 is 0 Å². The minimum Gasteiger partial charge on any atom is -0.300 e. The van der Waals surface area contributed by atoms with Crippen LogP contribution in [0.2, 0.25) is 0 Å². The van der Waals surface area contributed by atoms with Gasteiger partial charge in [-0.15, -0.1) is 0 Å². The van der Waals surface area contributed by atoms with E-state index >= 15 is 0 Å². The Morgan fingerprint density at radius 2 is 2.17 bits per heavy atom. The van der Waals surface area contributed by atoms with Crippen molar-refractivity contribution in [2.45, 2.75) is 19.8 Å². The van der Waals surface area contributed by atoms with E-state index in [9.17, 15) is 4.79 Å². The molecule has 0 amide bonds. The van der Waals surface area contributed by atoms with E-state index in [0.717, 1.165) is 12.8 Å². The van der Waals surface area contributed by atoms with E-state index in [0.29, 0.717) is 11.7 Å². The first-order valence-electron chi connectivity index (χ1n) is 2.31. The van der Waals surface area contributed by atoms with E-state index in [1.165, 1.54) is 0 Å². The second-order valence-electron chi connectivity index (χ2n) is 2.05. The smallest absolute Gasteiger partial charge is 0.133 e. The average molecular weight is 84.1 g/mol. The Hall–Kier alpha value is -0.330. The molecule has 0 N–H and O–H groups in total. The van der Waals surface area contributed by atoms with Gasteiger partial charge in [0.05, 0.1) is 0 Å². The lowest BCUT2D eigenvalue weighted by Crippen LogP contribution is -2.19. The molecule has 34 valence electrons. The Morgan fingerprint density at radius 1 is 1.67 bits per heavy atom. The highest BCUT2D eigenvalue weighted by atomic mass is 16.1. The summed E-state index contributed by atoms with van der Waals surface area (Å²) in [6, 6.07) is 0. The third-order valence-electron chi connectivity index (χ3n) is 1.15. The van der Waals surface area contributed by atoms with Crippen LogP contribution in [-0.4, -0.2) is 5.78 Å². The van der Waals surface area contributed by atoms with Crippen LogP contribution in [0.3, 0.4) is 0 Å². The summed E-state index contributed by atoms with van der Waals surface area (Å²) in [6.45, 7) is 2.10. The van der Waals surface area contributed by atoms with Gasteiger partial charge in [0.15, 0.2) is 0 Å². The number of Topliss-reactive ketones (excluding diaryl/α,β-unsaturated/α-hetero) is 1. The molecule has 1 nitrogen and oxygen atoms in total. The van der Waals surface area contributed by atoms with Crippen LogP contribution in [0.4, 0.5) is 0 Å². The van der Waals surface area contributed by atoms with Crippen LogP contribution in [-0.2, 0) is 4.79 Å². The second kappa shape index (κ2) is 1.07. The van der Waals surface area contributed by atoms with Gasteiger partial charge in [-0.25, -0.2) is 0 Å². The number of ketones is 1. The summed E-state index contributed by atoms with van der Waals surface area (Å²) in [4.78, 5) is 10.1. The number of hydrogen-bond acceptors (Lipinski definition) is 1. The zero-order valence-corrected chi connectivity index (χ0v) is 3.90. The van der Waals surface area contributed by atoms with Crippen molar-refractivity contribution in [3.63, 3.8) is 0 Å². The first kappa shape index (κ1) is 3.85. The fourth-order valence-electron chi connectivity index (χ4n) is 0.718. The first-order valence-corrected chi connectivity index (χ1v) is 2.31. The molecule has 0 aromatic heterocycles. The molecule has 0 spiro atoms. The summed E-state index contributed by atoms with van der Waals surface area (Å²) in [6.07, 6.45) is 1.67. The van der Waals surface area contributed by atoms with Gasteiger partial charge in [0.25, 0.3) is 0 Å².